The molecule has 0 atom stereocenters. The lowest BCUT2D eigenvalue weighted by molar-refractivity contribution is 0.00578. The number of hydrogen-bond donors (Lipinski definition) is 0. The first kappa shape index (κ1) is 11.4. The first-order chi connectivity index (χ1) is 9.30. The van der Waals surface area contributed by atoms with E-state index in [1.54, 1.807) is 6.07 Å². The summed E-state index contributed by atoms with van der Waals surface area (Å²) >= 11 is 0. The van der Waals surface area contributed by atoms with Gasteiger partial charge in [0.1, 0.15) is 0 Å². The zero-order valence-electron chi connectivity index (χ0n) is 12.7. The highest BCUT2D eigenvalue weighted by Gasteiger charge is 2.52. The molecule has 98 valence electrons. The molecule has 2 heterocycles. The summed E-state index contributed by atoms with van der Waals surface area (Å²) in [7, 11) is -0.401. The normalized spacial score (nSPS) is 21.7. The van der Waals surface area contributed by atoms with Crippen LogP contribution in [0.5, 0.6) is 0 Å². The van der Waals surface area contributed by atoms with E-state index in [0.29, 0.717) is 0 Å². The van der Waals surface area contributed by atoms with Crippen molar-refractivity contribution in [3.8, 4) is 0 Å². The van der Waals surface area contributed by atoms with Crippen LogP contribution >= 0.6 is 0 Å². The van der Waals surface area contributed by atoms with Gasteiger partial charge in [0.05, 0.1) is 18.1 Å². The molecule has 1 aromatic heterocycles. The van der Waals surface area contributed by atoms with Crippen LogP contribution in [-0.2, 0) is 9.31 Å². The van der Waals surface area contributed by atoms with Crippen LogP contribution in [0.3, 0.4) is 0 Å². The third-order valence-corrected chi connectivity index (χ3v) is 4.13. The molecule has 0 radical (unpaired) electrons. The minimum Gasteiger partial charge on any atom is -0.399 e. The van der Waals surface area contributed by atoms with Gasteiger partial charge in [0.15, 0.2) is 0 Å². The van der Waals surface area contributed by atoms with E-state index in [4.69, 9.17) is 10.7 Å². The maximum absolute atomic E-state index is 7.61. The number of hydrogen-bond acceptors (Lipinski definition) is 3. The Morgan fingerprint density at radius 3 is 2.42 bits per heavy atom. The molecular weight excluding hydrogens is 237 g/mol. The largest absolute Gasteiger partial charge is 0.495 e. The summed E-state index contributed by atoms with van der Waals surface area (Å²) < 4.78 is 19.8. The number of pyridine rings is 1. The molecule has 3 rings (SSSR count). The van der Waals surface area contributed by atoms with E-state index >= 15 is 0 Å². The standard InChI is InChI=1S/C15H18BNO2/c1-14(2)15(3,4)19-16(18-14)12-8-5-9-13-11(12)7-6-10-17-13/h5-10H,1-4H3/i10D. The van der Waals surface area contributed by atoms with E-state index in [9.17, 15) is 0 Å². The summed E-state index contributed by atoms with van der Waals surface area (Å²) in [5.74, 6) is 0. The summed E-state index contributed by atoms with van der Waals surface area (Å²) in [6, 6.07) is 9.43. The van der Waals surface area contributed by atoms with Gasteiger partial charge in [-0.05, 0) is 50.7 Å². The molecule has 0 spiro atoms. The second-order valence-corrected chi connectivity index (χ2v) is 5.94. The SMILES string of the molecule is [2H]c1ccc2c(B3OC(C)(C)C(C)(C)O3)cccc2n1. The van der Waals surface area contributed by atoms with Crippen LogP contribution in [0, 0.1) is 0 Å². The van der Waals surface area contributed by atoms with Crippen molar-refractivity contribution in [1.82, 2.24) is 4.98 Å². The van der Waals surface area contributed by atoms with Crippen molar-refractivity contribution in [2.45, 2.75) is 38.9 Å². The Morgan fingerprint density at radius 1 is 1.05 bits per heavy atom. The first-order valence-corrected chi connectivity index (χ1v) is 6.52. The molecule has 1 fully saturated rings. The smallest absolute Gasteiger partial charge is 0.399 e. The van der Waals surface area contributed by atoms with Crippen LogP contribution in [0.4, 0.5) is 0 Å². The van der Waals surface area contributed by atoms with Crippen LogP contribution in [-0.4, -0.2) is 23.3 Å². The Bertz CT molecular complexity index is 656. The van der Waals surface area contributed by atoms with Crippen LogP contribution in [0.1, 0.15) is 29.1 Å². The quantitative estimate of drug-likeness (QED) is 0.735. The molecule has 0 aliphatic carbocycles. The van der Waals surface area contributed by atoms with Crippen molar-refractivity contribution in [1.29, 1.82) is 0 Å². The van der Waals surface area contributed by atoms with Crippen molar-refractivity contribution >= 4 is 23.5 Å². The predicted molar refractivity (Wildman–Crippen MR) is 77.5 cm³/mol. The van der Waals surface area contributed by atoms with Gasteiger partial charge < -0.3 is 9.31 Å². The number of rotatable bonds is 1. The van der Waals surface area contributed by atoms with Crippen LogP contribution in [0.2, 0.25) is 0 Å². The van der Waals surface area contributed by atoms with Gasteiger partial charge in [0.25, 0.3) is 0 Å². The van der Waals surface area contributed by atoms with Gasteiger partial charge in [-0.1, -0.05) is 18.2 Å². The average molecular weight is 256 g/mol. The third kappa shape index (κ3) is 1.95. The van der Waals surface area contributed by atoms with E-state index in [1.165, 1.54) is 0 Å². The van der Waals surface area contributed by atoms with E-state index in [1.807, 2.05) is 52.0 Å². The Morgan fingerprint density at radius 2 is 1.74 bits per heavy atom. The van der Waals surface area contributed by atoms with Gasteiger partial charge >= 0.3 is 7.12 Å². The molecule has 0 N–H and O–H groups in total. The highest BCUT2D eigenvalue weighted by molar-refractivity contribution is 6.65. The van der Waals surface area contributed by atoms with Gasteiger partial charge in [0, 0.05) is 6.17 Å². The minimum absolute atomic E-state index is 0.267. The van der Waals surface area contributed by atoms with Crippen molar-refractivity contribution in [3.05, 3.63) is 36.5 Å². The first-order valence-electron chi connectivity index (χ1n) is 7.02. The lowest BCUT2D eigenvalue weighted by atomic mass is 9.77. The van der Waals surface area contributed by atoms with Gasteiger partial charge in [-0.15, -0.1) is 0 Å². The molecule has 0 saturated carbocycles. The van der Waals surface area contributed by atoms with Gasteiger partial charge in [0.2, 0.25) is 0 Å². The molecule has 1 saturated heterocycles. The fourth-order valence-corrected chi connectivity index (χ4v) is 2.25. The van der Waals surface area contributed by atoms with Crippen molar-refractivity contribution in [3.63, 3.8) is 0 Å². The Labute approximate surface area is 115 Å². The Balaban J connectivity index is 2.08. The molecule has 4 heteroatoms. The molecule has 0 bridgehead atoms. The summed E-state index contributed by atoms with van der Waals surface area (Å²) in [5.41, 5.74) is 1.05. The maximum atomic E-state index is 7.61. The minimum atomic E-state index is -0.401. The van der Waals surface area contributed by atoms with Crippen LogP contribution in [0.15, 0.2) is 36.5 Å². The molecule has 19 heavy (non-hydrogen) atoms. The van der Waals surface area contributed by atoms with E-state index in [2.05, 4.69) is 4.98 Å². The molecule has 1 aliphatic heterocycles. The molecule has 1 aliphatic rings. The molecule has 0 unspecified atom stereocenters. The van der Waals surface area contributed by atoms with Gasteiger partial charge in [-0.3, -0.25) is 4.98 Å². The van der Waals surface area contributed by atoms with Crippen LogP contribution < -0.4 is 5.46 Å². The van der Waals surface area contributed by atoms with Crippen molar-refractivity contribution < 1.29 is 10.7 Å². The zero-order chi connectivity index (χ0) is 14.5. The number of fused-ring (bicyclic) bond motifs is 1. The van der Waals surface area contributed by atoms with Crippen molar-refractivity contribution in [2.75, 3.05) is 0 Å². The lowest BCUT2D eigenvalue weighted by Gasteiger charge is -2.32. The van der Waals surface area contributed by atoms with E-state index in [-0.39, 0.29) is 17.4 Å². The number of aromatic nitrogens is 1. The molecule has 2 aromatic rings. The number of benzene rings is 1. The lowest BCUT2D eigenvalue weighted by Crippen LogP contribution is -2.41. The van der Waals surface area contributed by atoms with Crippen molar-refractivity contribution in [2.24, 2.45) is 0 Å². The topological polar surface area (TPSA) is 31.4 Å². The second-order valence-electron chi connectivity index (χ2n) is 5.94. The summed E-state index contributed by atoms with van der Waals surface area (Å²) in [6.45, 7) is 8.16. The number of nitrogens with zero attached hydrogens (tertiary/aromatic N) is 1. The highest BCUT2D eigenvalue weighted by atomic mass is 16.7. The Hall–Kier alpha value is -1.39. The average Bonchev–Trinajstić information content (AvgIpc) is 2.57. The second kappa shape index (κ2) is 4.05. The fraction of sp³-hybridized carbons (Fsp3) is 0.400. The van der Waals surface area contributed by atoms with Gasteiger partial charge in [-0.2, -0.15) is 0 Å². The highest BCUT2D eigenvalue weighted by Crippen LogP contribution is 2.36. The molecular formula is C15H18BNO2. The van der Waals surface area contributed by atoms with Gasteiger partial charge in [-0.25, -0.2) is 0 Å². The van der Waals surface area contributed by atoms with E-state index in [0.717, 1.165) is 16.4 Å². The fourth-order valence-electron chi connectivity index (χ4n) is 2.25. The third-order valence-electron chi connectivity index (χ3n) is 4.13. The summed E-state index contributed by atoms with van der Waals surface area (Å²) in [6.07, 6.45) is 0.267. The summed E-state index contributed by atoms with van der Waals surface area (Å²) in [5, 5.41) is 0.974. The molecule has 0 amide bonds. The molecule has 1 aromatic carbocycles. The zero-order valence-corrected chi connectivity index (χ0v) is 11.7. The predicted octanol–water partition coefficient (Wildman–Crippen LogP) is 2.53. The monoisotopic (exact) mass is 256 g/mol. The Kier molecular flexibility index (Phi) is 2.44. The molecule has 3 nitrogen and oxygen atoms in total. The van der Waals surface area contributed by atoms with Crippen LogP contribution in [0.25, 0.3) is 10.9 Å². The summed E-state index contributed by atoms with van der Waals surface area (Å²) in [4.78, 5) is 4.24. The van der Waals surface area contributed by atoms with E-state index < -0.39 is 7.12 Å². The maximum Gasteiger partial charge on any atom is 0.495 e.